The van der Waals surface area contributed by atoms with Crippen molar-refractivity contribution in [1.82, 2.24) is 5.32 Å². The number of ether oxygens (including phenoxy) is 2. The standard InChI is InChI=1S/C11H16ClNO2/c1-14-11(15-2)8-13-7-9-3-5-10(12)6-4-9/h3-6,11,13H,7-8H2,1-2H3. The van der Waals surface area contributed by atoms with Gasteiger partial charge in [-0.15, -0.1) is 0 Å². The van der Waals surface area contributed by atoms with Crippen molar-refractivity contribution in [2.75, 3.05) is 20.8 Å². The van der Waals surface area contributed by atoms with Gasteiger partial charge in [-0.25, -0.2) is 0 Å². The zero-order chi connectivity index (χ0) is 11.1. The molecule has 0 heterocycles. The Hall–Kier alpha value is -0.610. The number of hydrogen-bond acceptors (Lipinski definition) is 3. The van der Waals surface area contributed by atoms with E-state index in [1.54, 1.807) is 14.2 Å². The minimum Gasteiger partial charge on any atom is -0.355 e. The van der Waals surface area contributed by atoms with Crippen LogP contribution in [0.3, 0.4) is 0 Å². The van der Waals surface area contributed by atoms with Crippen LogP contribution in [-0.4, -0.2) is 27.1 Å². The maximum atomic E-state index is 5.78. The summed E-state index contributed by atoms with van der Waals surface area (Å²) in [5.41, 5.74) is 1.19. The number of halogens is 1. The summed E-state index contributed by atoms with van der Waals surface area (Å²) in [6.45, 7) is 1.44. The smallest absolute Gasteiger partial charge is 0.169 e. The van der Waals surface area contributed by atoms with Crippen molar-refractivity contribution in [3.8, 4) is 0 Å². The maximum Gasteiger partial charge on any atom is 0.169 e. The Morgan fingerprint density at radius 1 is 1.20 bits per heavy atom. The fourth-order valence-electron chi connectivity index (χ4n) is 1.20. The molecule has 1 rings (SSSR count). The normalized spacial score (nSPS) is 10.9. The molecule has 1 aromatic rings. The summed E-state index contributed by atoms with van der Waals surface area (Å²) in [6.07, 6.45) is -0.197. The van der Waals surface area contributed by atoms with Crippen molar-refractivity contribution in [3.05, 3.63) is 34.9 Å². The molecular weight excluding hydrogens is 214 g/mol. The SMILES string of the molecule is COC(CNCc1ccc(Cl)cc1)OC. The second-order valence-electron chi connectivity index (χ2n) is 3.16. The van der Waals surface area contributed by atoms with Gasteiger partial charge in [0.15, 0.2) is 6.29 Å². The first-order valence-electron chi connectivity index (χ1n) is 4.77. The van der Waals surface area contributed by atoms with Gasteiger partial charge < -0.3 is 14.8 Å². The molecule has 84 valence electrons. The molecule has 0 saturated carbocycles. The first kappa shape index (κ1) is 12.5. The highest BCUT2D eigenvalue weighted by Crippen LogP contribution is 2.09. The van der Waals surface area contributed by atoms with E-state index >= 15 is 0 Å². The van der Waals surface area contributed by atoms with E-state index < -0.39 is 0 Å². The Bertz CT molecular complexity index is 272. The van der Waals surface area contributed by atoms with Gasteiger partial charge in [0.25, 0.3) is 0 Å². The third-order valence-electron chi connectivity index (χ3n) is 2.08. The van der Waals surface area contributed by atoms with Gasteiger partial charge in [0, 0.05) is 32.3 Å². The average molecular weight is 230 g/mol. The van der Waals surface area contributed by atoms with Crippen LogP contribution < -0.4 is 5.32 Å². The fraction of sp³-hybridized carbons (Fsp3) is 0.455. The molecule has 0 radical (unpaired) electrons. The van der Waals surface area contributed by atoms with E-state index in [1.165, 1.54) is 5.56 Å². The van der Waals surface area contributed by atoms with Gasteiger partial charge in [0.1, 0.15) is 0 Å². The summed E-state index contributed by atoms with van der Waals surface area (Å²) in [5.74, 6) is 0. The number of hydrogen-bond donors (Lipinski definition) is 1. The van der Waals surface area contributed by atoms with Crippen LogP contribution in [0.15, 0.2) is 24.3 Å². The van der Waals surface area contributed by atoms with Crippen molar-refractivity contribution in [3.63, 3.8) is 0 Å². The van der Waals surface area contributed by atoms with E-state index in [-0.39, 0.29) is 6.29 Å². The van der Waals surface area contributed by atoms with Crippen LogP contribution in [0.25, 0.3) is 0 Å². The number of nitrogens with one attached hydrogen (secondary N) is 1. The van der Waals surface area contributed by atoms with Crippen LogP contribution in [0.2, 0.25) is 5.02 Å². The Balaban J connectivity index is 2.28. The summed E-state index contributed by atoms with van der Waals surface area (Å²) in [7, 11) is 3.25. The lowest BCUT2D eigenvalue weighted by molar-refractivity contribution is -0.0989. The van der Waals surface area contributed by atoms with E-state index in [0.29, 0.717) is 6.54 Å². The van der Waals surface area contributed by atoms with Gasteiger partial charge >= 0.3 is 0 Å². The second kappa shape index (κ2) is 6.80. The summed E-state index contributed by atoms with van der Waals surface area (Å²) in [6, 6.07) is 7.74. The summed E-state index contributed by atoms with van der Waals surface area (Å²) in [5, 5.41) is 3.98. The van der Waals surface area contributed by atoms with Crippen LogP contribution in [-0.2, 0) is 16.0 Å². The number of rotatable bonds is 6. The quantitative estimate of drug-likeness (QED) is 0.758. The van der Waals surface area contributed by atoms with E-state index in [9.17, 15) is 0 Å². The third-order valence-corrected chi connectivity index (χ3v) is 2.33. The van der Waals surface area contributed by atoms with Gasteiger partial charge in [-0.3, -0.25) is 0 Å². The first-order valence-corrected chi connectivity index (χ1v) is 5.15. The molecule has 0 fully saturated rings. The molecule has 0 aromatic heterocycles. The molecule has 1 N–H and O–H groups in total. The predicted molar refractivity (Wildman–Crippen MR) is 61.0 cm³/mol. The average Bonchev–Trinajstić information content (AvgIpc) is 2.27. The number of methoxy groups -OCH3 is 2. The topological polar surface area (TPSA) is 30.5 Å². The van der Waals surface area contributed by atoms with Crippen molar-refractivity contribution < 1.29 is 9.47 Å². The third kappa shape index (κ3) is 4.62. The van der Waals surface area contributed by atoms with Crippen LogP contribution >= 0.6 is 11.6 Å². The Kier molecular flexibility index (Phi) is 5.65. The molecule has 1 aromatic carbocycles. The second-order valence-corrected chi connectivity index (χ2v) is 3.59. The molecule has 0 amide bonds. The van der Waals surface area contributed by atoms with Crippen LogP contribution in [0.5, 0.6) is 0 Å². The summed E-state index contributed by atoms with van der Waals surface area (Å²) >= 11 is 5.78. The van der Waals surface area contributed by atoms with E-state index in [1.807, 2.05) is 24.3 Å². The molecule has 3 nitrogen and oxygen atoms in total. The molecule has 0 spiro atoms. The van der Waals surface area contributed by atoms with Gasteiger partial charge in [-0.2, -0.15) is 0 Å². The minimum absolute atomic E-state index is 0.197. The Morgan fingerprint density at radius 2 is 1.80 bits per heavy atom. The van der Waals surface area contributed by atoms with Crippen LogP contribution in [0.4, 0.5) is 0 Å². The van der Waals surface area contributed by atoms with Crippen molar-refractivity contribution in [2.45, 2.75) is 12.8 Å². The van der Waals surface area contributed by atoms with Crippen LogP contribution in [0.1, 0.15) is 5.56 Å². The molecule has 0 saturated heterocycles. The first-order chi connectivity index (χ1) is 7.26. The molecular formula is C11H16ClNO2. The highest BCUT2D eigenvalue weighted by atomic mass is 35.5. The van der Waals surface area contributed by atoms with E-state index in [0.717, 1.165) is 11.6 Å². The lowest BCUT2D eigenvalue weighted by Gasteiger charge is -2.13. The van der Waals surface area contributed by atoms with E-state index in [4.69, 9.17) is 21.1 Å². The molecule has 0 bridgehead atoms. The molecule has 0 unspecified atom stereocenters. The molecule has 0 aliphatic carbocycles. The zero-order valence-electron chi connectivity index (χ0n) is 9.00. The molecule has 0 aliphatic heterocycles. The molecule has 4 heteroatoms. The summed E-state index contributed by atoms with van der Waals surface area (Å²) in [4.78, 5) is 0. The van der Waals surface area contributed by atoms with Crippen molar-refractivity contribution in [2.24, 2.45) is 0 Å². The predicted octanol–water partition coefficient (Wildman–Crippen LogP) is 2.05. The Labute approximate surface area is 95.3 Å². The largest absolute Gasteiger partial charge is 0.355 e. The van der Waals surface area contributed by atoms with Gasteiger partial charge in [0.05, 0.1) is 0 Å². The highest BCUT2D eigenvalue weighted by Gasteiger charge is 2.03. The van der Waals surface area contributed by atoms with Crippen molar-refractivity contribution >= 4 is 11.6 Å². The Morgan fingerprint density at radius 3 is 2.33 bits per heavy atom. The minimum atomic E-state index is -0.197. The van der Waals surface area contributed by atoms with E-state index in [2.05, 4.69) is 5.32 Å². The van der Waals surface area contributed by atoms with Crippen LogP contribution in [0, 0.1) is 0 Å². The highest BCUT2D eigenvalue weighted by molar-refractivity contribution is 6.30. The fourth-order valence-corrected chi connectivity index (χ4v) is 1.33. The number of benzene rings is 1. The lowest BCUT2D eigenvalue weighted by Crippen LogP contribution is -2.29. The molecule has 0 aliphatic rings. The summed E-state index contributed by atoms with van der Waals surface area (Å²) < 4.78 is 10.1. The van der Waals surface area contributed by atoms with Gasteiger partial charge in [-0.1, -0.05) is 23.7 Å². The molecule has 15 heavy (non-hydrogen) atoms. The lowest BCUT2D eigenvalue weighted by atomic mass is 10.2. The molecule has 0 atom stereocenters. The maximum absolute atomic E-state index is 5.78. The monoisotopic (exact) mass is 229 g/mol. The zero-order valence-corrected chi connectivity index (χ0v) is 9.75. The van der Waals surface area contributed by atoms with Gasteiger partial charge in [-0.05, 0) is 17.7 Å². The van der Waals surface area contributed by atoms with Gasteiger partial charge in [0.2, 0.25) is 0 Å². The van der Waals surface area contributed by atoms with Crippen molar-refractivity contribution in [1.29, 1.82) is 0 Å².